The van der Waals surface area contributed by atoms with Crippen molar-refractivity contribution in [2.75, 3.05) is 19.6 Å². The second-order valence-electron chi connectivity index (χ2n) is 5.52. The minimum atomic E-state index is -0.254. The zero-order chi connectivity index (χ0) is 14.1. The van der Waals surface area contributed by atoms with Crippen molar-refractivity contribution in [3.63, 3.8) is 0 Å². The predicted octanol–water partition coefficient (Wildman–Crippen LogP) is 3.57. The summed E-state index contributed by atoms with van der Waals surface area (Å²) in [6.07, 6.45) is 2.57. The Balaban J connectivity index is 1.95. The molecule has 0 aliphatic carbocycles. The third kappa shape index (κ3) is 2.54. The largest absolute Gasteiger partial charge is 0.323 e. The number of benzene rings is 1. The lowest BCUT2D eigenvalue weighted by Gasteiger charge is -2.23. The summed E-state index contributed by atoms with van der Waals surface area (Å²) in [6.45, 7) is 5.51. The number of alkyl halides is 1. The molecule has 0 amide bonds. The molecule has 3 nitrogen and oxygen atoms in total. The lowest BCUT2D eigenvalue weighted by Crippen LogP contribution is -2.27. The molecule has 3 rings (SSSR count). The Morgan fingerprint density at radius 3 is 2.80 bits per heavy atom. The normalized spacial score (nSPS) is 17.9. The van der Waals surface area contributed by atoms with E-state index in [-0.39, 0.29) is 11.9 Å². The number of hydrogen-bond acceptors (Lipinski definition) is 2. The first-order valence-electron chi connectivity index (χ1n) is 7.13. The minimum Gasteiger partial charge on any atom is -0.323 e. The molecular weight excluding hydrogens is 277 g/mol. The molecule has 1 aliphatic rings. The number of rotatable bonds is 4. The zero-order valence-corrected chi connectivity index (χ0v) is 12.4. The number of aromatic nitrogens is 2. The maximum Gasteiger partial charge on any atom is 0.125 e. The summed E-state index contributed by atoms with van der Waals surface area (Å²) >= 11 is 6.01. The SMILES string of the molecule is CC(CN1CCCC1)n1c(CCl)nc2cc(F)ccc21. The number of hydrogen-bond donors (Lipinski definition) is 0. The van der Waals surface area contributed by atoms with E-state index in [1.165, 1.54) is 38.1 Å². The average Bonchev–Trinajstić information content (AvgIpc) is 3.04. The van der Waals surface area contributed by atoms with Gasteiger partial charge in [0.1, 0.15) is 11.6 Å². The van der Waals surface area contributed by atoms with Gasteiger partial charge in [0.05, 0.1) is 16.9 Å². The van der Waals surface area contributed by atoms with Gasteiger partial charge in [-0.1, -0.05) is 0 Å². The molecular formula is C15H19ClFN3. The monoisotopic (exact) mass is 295 g/mol. The molecule has 2 heterocycles. The molecule has 0 radical (unpaired) electrons. The molecule has 1 unspecified atom stereocenters. The fraction of sp³-hybridized carbons (Fsp3) is 0.533. The van der Waals surface area contributed by atoms with Gasteiger partial charge in [-0.05, 0) is 45.0 Å². The van der Waals surface area contributed by atoms with Crippen LogP contribution in [-0.4, -0.2) is 34.1 Å². The maximum atomic E-state index is 13.3. The third-order valence-corrected chi connectivity index (χ3v) is 4.25. The van der Waals surface area contributed by atoms with Crippen LogP contribution in [-0.2, 0) is 5.88 Å². The molecule has 0 spiro atoms. The van der Waals surface area contributed by atoms with Crippen molar-refractivity contribution >= 4 is 22.6 Å². The van der Waals surface area contributed by atoms with Crippen LogP contribution in [0.4, 0.5) is 4.39 Å². The van der Waals surface area contributed by atoms with Crippen LogP contribution in [0.25, 0.3) is 11.0 Å². The summed E-state index contributed by atoms with van der Waals surface area (Å²) in [7, 11) is 0. The quantitative estimate of drug-likeness (QED) is 0.804. The van der Waals surface area contributed by atoms with Crippen molar-refractivity contribution in [3.8, 4) is 0 Å². The molecule has 1 fully saturated rings. The fourth-order valence-electron chi connectivity index (χ4n) is 3.13. The Bertz CT molecular complexity index is 604. The molecule has 1 aromatic heterocycles. The Morgan fingerprint density at radius 1 is 1.35 bits per heavy atom. The first-order valence-corrected chi connectivity index (χ1v) is 7.67. The van der Waals surface area contributed by atoms with Gasteiger partial charge in [-0.3, -0.25) is 0 Å². The smallest absolute Gasteiger partial charge is 0.125 e. The van der Waals surface area contributed by atoms with Crippen LogP contribution in [0.2, 0.25) is 0 Å². The van der Waals surface area contributed by atoms with E-state index >= 15 is 0 Å². The van der Waals surface area contributed by atoms with Gasteiger partial charge in [0, 0.05) is 18.7 Å². The number of imidazole rings is 1. The Kier molecular flexibility index (Phi) is 3.94. The molecule has 20 heavy (non-hydrogen) atoms. The second-order valence-corrected chi connectivity index (χ2v) is 5.79. The Hall–Kier alpha value is -1.13. The van der Waals surface area contributed by atoms with Gasteiger partial charge < -0.3 is 9.47 Å². The zero-order valence-electron chi connectivity index (χ0n) is 11.6. The average molecular weight is 296 g/mol. The van der Waals surface area contributed by atoms with Crippen LogP contribution in [0.1, 0.15) is 31.6 Å². The third-order valence-electron chi connectivity index (χ3n) is 4.01. The number of fused-ring (bicyclic) bond motifs is 1. The molecule has 1 saturated heterocycles. The first-order chi connectivity index (χ1) is 9.69. The van der Waals surface area contributed by atoms with Crippen LogP contribution >= 0.6 is 11.6 Å². The molecule has 1 aliphatic heterocycles. The fourth-order valence-corrected chi connectivity index (χ4v) is 3.32. The van der Waals surface area contributed by atoms with E-state index in [0.717, 1.165) is 17.9 Å². The Morgan fingerprint density at radius 2 is 2.10 bits per heavy atom. The summed E-state index contributed by atoms with van der Waals surface area (Å²) in [6, 6.07) is 5.05. The molecule has 0 saturated carbocycles. The molecule has 2 aromatic rings. The van der Waals surface area contributed by atoms with Crippen LogP contribution < -0.4 is 0 Å². The summed E-state index contributed by atoms with van der Waals surface area (Å²) < 4.78 is 15.5. The van der Waals surface area contributed by atoms with Gasteiger partial charge in [-0.15, -0.1) is 11.6 Å². The standard InChI is InChI=1S/C15H19ClFN3/c1-11(10-19-6-2-3-7-19)20-14-5-4-12(17)8-13(14)18-15(20)9-16/h4-5,8,11H,2-3,6-7,9-10H2,1H3. The van der Waals surface area contributed by atoms with Crippen molar-refractivity contribution < 1.29 is 4.39 Å². The van der Waals surface area contributed by atoms with E-state index in [9.17, 15) is 4.39 Å². The van der Waals surface area contributed by atoms with E-state index in [4.69, 9.17) is 11.6 Å². The van der Waals surface area contributed by atoms with Crippen LogP contribution in [0, 0.1) is 5.82 Å². The first kappa shape index (κ1) is 13.8. The van der Waals surface area contributed by atoms with E-state index < -0.39 is 0 Å². The molecule has 0 bridgehead atoms. The van der Waals surface area contributed by atoms with Crippen molar-refractivity contribution in [1.82, 2.24) is 14.5 Å². The van der Waals surface area contributed by atoms with Gasteiger partial charge in [0.15, 0.2) is 0 Å². The lowest BCUT2D eigenvalue weighted by molar-refractivity contribution is 0.288. The maximum absolute atomic E-state index is 13.3. The molecule has 108 valence electrons. The summed E-state index contributed by atoms with van der Waals surface area (Å²) in [4.78, 5) is 6.93. The van der Waals surface area contributed by atoms with E-state index in [1.54, 1.807) is 6.07 Å². The molecule has 1 aromatic carbocycles. The van der Waals surface area contributed by atoms with Gasteiger partial charge >= 0.3 is 0 Å². The predicted molar refractivity (Wildman–Crippen MR) is 79.6 cm³/mol. The number of halogens is 2. The van der Waals surface area contributed by atoms with Crippen molar-refractivity contribution in [3.05, 3.63) is 29.8 Å². The van der Waals surface area contributed by atoms with Gasteiger partial charge in [-0.2, -0.15) is 0 Å². The Labute approximate surface area is 123 Å². The van der Waals surface area contributed by atoms with E-state index in [2.05, 4.69) is 21.4 Å². The highest BCUT2D eigenvalue weighted by atomic mass is 35.5. The van der Waals surface area contributed by atoms with Crippen molar-refractivity contribution in [1.29, 1.82) is 0 Å². The van der Waals surface area contributed by atoms with Crippen LogP contribution in [0.15, 0.2) is 18.2 Å². The summed E-state index contributed by atoms with van der Waals surface area (Å²) in [5.74, 6) is 0.912. The second kappa shape index (κ2) is 5.70. The molecule has 0 N–H and O–H groups in total. The number of nitrogens with zero attached hydrogens (tertiary/aromatic N) is 3. The van der Waals surface area contributed by atoms with E-state index in [0.29, 0.717) is 11.4 Å². The van der Waals surface area contributed by atoms with Gasteiger partial charge in [-0.25, -0.2) is 9.37 Å². The van der Waals surface area contributed by atoms with E-state index in [1.807, 2.05) is 0 Å². The van der Waals surface area contributed by atoms with Crippen molar-refractivity contribution in [2.24, 2.45) is 0 Å². The summed E-state index contributed by atoms with van der Waals surface area (Å²) in [5, 5.41) is 0. The van der Waals surface area contributed by atoms with Crippen molar-refractivity contribution in [2.45, 2.75) is 31.7 Å². The van der Waals surface area contributed by atoms with Gasteiger partial charge in [0.2, 0.25) is 0 Å². The minimum absolute atomic E-state index is 0.254. The molecule has 5 heteroatoms. The highest BCUT2D eigenvalue weighted by Crippen LogP contribution is 2.24. The number of likely N-dealkylation sites (tertiary alicyclic amines) is 1. The summed E-state index contributed by atoms with van der Waals surface area (Å²) in [5.41, 5.74) is 1.66. The highest BCUT2D eigenvalue weighted by Gasteiger charge is 2.20. The van der Waals surface area contributed by atoms with Gasteiger partial charge in [0.25, 0.3) is 0 Å². The topological polar surface area (TPSA) is 21.1 Å². The highest BCUT2D eigenvalue weighted by molar-refractivity contribution is 6.16. The molecule has 1 atom stereocenters. The van der Waals surface area contributed by atoms with Crippen LogP contribution in [0.3, 0.4) is 0 Å². The van der Waals surface area contributed by atoms with Crippen LogP contribution in [0.5, 0.6) is 0 Å². The lowest BCUT2D eigenvalue weighted by atomic mass is 10.2.